The fourth-order valence-corrected chi connectivity index (χ4v) is 2.34. The van der Waals surface area contributed by atoms with E-state index in [-0.39, 0.29) is 17.2 Å². The average Bonchev–Trinajstić information content (AvgIpc) is 2.54. The highest BCUT2D eigenvalue weighted by atomic mass is 16.6. The Bertz CT molecular complexity index is 753. The van der Waals surface area contributed by atoms with E-state index in [0.717, 1.165) is 0 Å². The summed E-state index contributed by atoms with van der Waals surface area (Å²) < 4.78 is 0. The van der Waals surface area contributed by atoms with Crippen LogP contribution in [0.1, 0.15) is 35.7 Å². The fraction of sp³-hybridized carbons (Fsp3) is 0.278. The van der Waals surface area contributed by atoms with Crippen LogP contribution in [0.5, 0.6) is 0 Å². The van der Waals surface area contributed by atoms with E-state index >= 15 is 0 Å². The van der Waals surface area contributed by atoms with Gasteiger partial charge in [0.2, 0.25) is 0 Å². The molecular formula is C18H21N3O3. The number of nitrogens with one attached hydrogen (secondary N) is 1. The molecule has 24 heavy (non-hydrogen) atoms. The van der Waals surface area contributed by atoms with Gasteiger partial charge in [0.15, 0.2) is 0 Å². The molecule has 0 saturated carbocycles. The highest BCUT2D eigenvalue weighted by Crippen LogP contribution is 2.28. The highest BCUT2D eigenvalue weighted by Gasteiger charge is 2.18. The number of hydrogen-bond acceptors (Lipinski definition) is 4. The lowest BCUT2D eigenvalue weighted by molar-refractivity contribution is -0.384. The summed E-state index contributed by atoms with van der Waals surface area (Å²) in [5, 5.41) is 14.0. The van der Waals surface area contributed by atoms with Gasteiger partial charge in [0, 0.05) is 31.4 Å². The quantitative estimate of drug-likeness (QED) is 0.664. The zero-order valence-electron chi connectivity index (χ0n) is 14.2. The molecule has 0 bridgehead atoms. The van der Waals surface area contributed by atoms with E-state index in [1.807, 2.05) is 24.3 Å². The molecule has 1 amide bonds. The molecule has 1 N–H and O–H groups in total. The fourth-order valence-electron chi connectivity index (χ4n) is 2.34. The number of carbonyl (C=O) groups is 1. The maximum atomic E-state index is 12.3. The van der Waals surface area contributed by atoms with Gasteiger partial charge in [-0.25, -0.2) is 0 Å². The number of carbonyl (C=O) groups excluding carboxylic acids is 1. The highest BCUT2D eigenvalue weighted by molar-refractivity contribution is 6.05. The van der Waals surface area contributed by atoms with Crippen LogP contribution in [0.2, 0.25) is 0 Å². The van der Waals surface area contributed by atoms with Gasteiger partial charge in [0.1, 0.15) is 5.69 Å². The second-order valence-corrected chi connectivity index (χ2v) is 6.09. The molecule has 0 radical (unpaired) electrons. The molecule has 0 atom stereocenters. The first kappa shape index (κ1) is 17.5. The van der Waals surface area contributed by atoms with Crippen molar-refractivity contribution in [1.29, 1.82) is 0 Å². The Balaban J connectivity index is 2.23. The molecule has 6 heteroatoms. The van der Waals surface area contributed by atoms with Crippen LogP contribution in [0.15, 0.2) is 42.5 Å². The van der Waals surface area contributed by atoms with Crippen LogP contribution >= 0.6 is 0 Å². The van der Waals surface area contributed by atoms with Gasteiger partial charge in [0.05, 0.1) is 4.92 Å². The lowest BCUT2D eigenvalue weighted by Gasteiger charge is -2.13. The summed E-state index contributed by atoms with van der Waals surface area (Å²) >= 11 is 0. The molecule has 2 aromatic rings. The van der Waals surface area contributed by atoms with Crippen LogP contribution in [0.25, 0.3) is 0 Å². The van der Waals surface area contributed by atoms with Crippen molar-refractivity contribution < 1.29 is 9.72 Å². The molecular weight excluding hydrogens is 306 g/mol. The topological polar surface area (TPSA) is 75.5 Å². The molecule has 0 aliphatic carbocycles. The third-order valence-corrected chi connectivity index (χ3v) is 3.75. The standard InChI is InChI=1S/C18H21N3O3/c1-12(2)13-5-8-15(9-6-13)19-18(22)14-7-10-16(20(3)4)17(11-14)21(23)24/h5-12H,1-4H3,(H,19,22). The van der Waals surface area contributed by atoms with Crippen LogP contribution in [0, 0.1) is 10.1 Å². The van der Waals surface area contributed by atoms with Crippen molar-refractivity contribution in [2.45, 2.75) is 19.8 Å². The monoisotopic (exact) mass is 327 g/mol. The van der Waals surface area contributed by atoms with E-state index in [1.165, 1.54) is 11.6 Å². The summed E-state index contributed by atoms with van der Waals surface area (Å²) in [5.41, 5.74) is 2.45. The van der Waals surface area contributed by atoms with Crippen molar-refractivity contribution in [1.82, 2.24) is 0 Å². The molecule has 0 spiro atoms. The van der Waals surface area contributed by atoms with E-state index in [4.69, 9.17) is 0 Å². The summed E-state index contributed by atoms with van der Waals surface area (Å²) in [4.78, 5) is 24.7. The van der Waals surface area contributed by atoms with Gasteiger partial charge in [-0.2, -0.15) is 0 Å². The van der Waals surface area contributed by atoms with Gasteiger partial charge < -0.3 is 10.2 Å². The molecule has 0 aromatic heterocycles. The zero-order chi connectivity index (χ0) is 17.9. The normalized spacial score (nSPS) is 10.5. The number of amides is 1. The van der Waals surface area contributed by atoms with E-state index in [2.05, 4.69) is 19.2 Å². The molecule has 2 rings (SSSR count). The van der Waals surface area contributed by atoms with Gasteiger partial charge in [-0.05, 0) is 35.7 Å². The largest absolute Gasteiger partial charge is 0.372 e. The third-order valence-electron chi connectivity index (χ3n) is 3.75. The SMILES string of the molecule is CC(C)c1ccc(NC(=O)c2ccc(N(C)C)c([N+](=O)[O-])c2)cc1. The second-order valence-electron chi connectivity index (χ2n) is 6.09. The summed E-state index contributed by atoms with van der Waals surface area (Å²) in [6.45, 7) is 4.19. The predicted octanol–water partition coefficient (Wildman–Crippen LogP) is 4.04. The summed E-state index contributed by atoms with van der Waals surface area (Å²) in [7, 11) is 3.44. The molecule has 0 saturated heterocycles. The number of anilines is 2. The van der Waals surface area contributed by atoms with E-state index in [0.29, 0.717) is 17.3 Å². The first-order valence-corrected chi connectivity index (χ1v) is 7.66. The molecule has 0 unspecified atom stereocenters. The van der Waals surface area contributed by atoms with Gasteiger partial charge in [-0.3, -0.25) is 14.9 Å². The van der Waals surface area contributed by atoms with Crippen LogP contribution in [-0.4, -0.2) is 24.9 Å². The molecule has 0 fully saturated rings. The predicted molar refractivity (Wildman–Crippen MR) is 95.9 cm³/mol. The number of nitrogens with zero attached hydrogens (tertiary/aromatic N) is 2. The van der Waals surface area contributed by atoms with Crippen LogP contribution in [-0.2, 0) is 0 Å². The number of rotatable bonds is 5. The van der Waals surface area contributed by atoms with E-state index in [9.17, 15) is 14.9 Å². The lowest BCUT2D eigenvalue weighted by atomic mass is 10.0. The van der Waals surface area contributed by atoms with Crippen molar-refractivity contribution in [2.75, 3.05) is 24.3 Å². The Kier molecular flexibility index (Phi) is 5.18. The number of benzene rings is 2. The minimum Gasteiger partial charge on any atom is -0.372 e. The summed E-state index contributed by atoms with van der Waals surface area (Å²) in [6, 6.07) is 12.0. The number of nitro benzene ring substituents is 1. The van der Waals surface area contributed by atoms with E-state index in [1.54, 1.807) is 31.1 Å². The Hall–Kier alpha value is -2.89. The number of nitro groups is 1. The van der Waals surface area contributed by atoms with Gasteiger partial charge in [-0.15, -0.1) is 0 Å². The Morgan fingerprint density at radius 2 is 1.75 bits per heavy atom. The van der Waals surface area contributed by atoms with Crippen LogP contribution in [0.3, 0.4) is 0 Å². The molecule has 126 valence electrons. The minimum absolute atomic E-state index is 0.0946. The van der Waals surface area contributed by atoms with Crippen LogP contribution < -0.4 is 10.2 Å². The Labute approximate surface area is 141 Å². The smallest absolute Gasteiger partial charge is 0.293 e. The van der Waals surface area contributed by atoms with Crippen molar-refractivity contribution in [2.24, 2.45) is 0 Å². The van der Waals surface area contributed by atoms with Crippen LogP contribution in [0.4, 0.5) is 17.1 Å². The number of hydrogen-bond donors (Lipinski definition) is 1. The minimum atomic E-state index is -0.483. The second kappa shape index (κ2) is 7.12. The zero-order valence-corrected chi connectivity index (χ0v) is 14.2. The Morgan fingerprint density at radius 3 is 2.25 bits per heavy atom. The van der Waals surface area contributed by atoms with Crippen molar-refractivity contribution in [3.63, 3.8) is 0 Å². The molecule has 0 aliphatic rings. The van der Waals surface area contributed by atoms with Crippen molar-refractivity contribution in [3.05, 3.63) is 63.7 Å². The van der Waals surface area contributed by atoms with Crippen molar-refractivity contribution in [3.8, 4) is 0 Å². The average molecular weight is 327 g/mol. The maximum absolute atomic E-state index is 12.3. The molecule has 0 heterocycles. The van der Waals surface area contributed by atoms with Gasteiger partial charge >= 0.3 is 0 Å². The van der Waals surface area contributed by atoms with Gasteiger partial charge in [0.25, 0.3) is 11.6 Å². The molecule has 0 aliphatic heterocycles. The maximum Gasteiger partial charge on any atom is 0.293 e. The summed E-state index contributed by atoms with van der Waals surface area (Å²) in [6.07, 6.45) is 0. The first-order chi connectivity index (χ1) is 11.3. The Morgan fingerprint density at radius 1 is 1.12 bits per heavy atom. The van der Waals surface area contributed by atoms with Gasteiger partial charge in [-0.1, -0.05) is 26.0 Å². The summed E-state index contributed by atoms with van der Waals surface area (Å²) in [5.74, 6) is 0.0386. The van der Waals surface area contributed by atoms with E-state index < -0.39 is 4.92 Å². The lowest BCUT2D eigenvalue weighted by Crippen LogP contribution is -2.15. The molecule has 2 aromatic carbocycles. The molecule has 6 nitrogen and oxygen atoms in total. The third kappa shape index (κ3) is 3.90. The first-order valence-electron chi connectivity index (χ1n) is 7.66. The van der Waals surface area contributed by atoms with Crippen molar-refractivity contribution >= 4 is 23.0 Å².